The molecule has 1 heteroatoms. The van der Waals surface area contributed by atoms with Crippen LogP contribution in [-0.4, -0.2) is 11.2 Å². The van der Waals surface area contributed by atoms with Crippen molar-refractivity contribution >= 4 is 0 Å². The van der Waals surface area contributed by atoms with E-state index in [0.29, 0.717) is 5.41 Å². The lowest BCUT2D eigenvalue weighted by atomic mass is 9.82. The van der Waals surface area contributed by atoms with Gasteiger partial charge in [0.05, 0.1) is 6.10 Å². The second-order valence-electron chi connectivity index (χ2n) is 6.13. The molecule has 1 aliphatic carbocycles. The third-order valence-electron chi connectivity index (χ3n) is 3.36. The van der Waals surface area contributed by atoms with Gasteiger partial charge >= 0.3 is 0 Å². The molecule has 0 aromatic rings. The molecule has 0 aromatic carbocycles. The summed E-state index contributed by atoms with van der Waals surface area (Å²) in [5.41, 5.74) is 0.494. The molecule has 0 saturated heterocycles. The Morgan fingerprint density at radius 2 is 1.64 bits per heavy atom. The molecule has 0 atom stereocenters. The fourth-order valence-corrected chi connectivity index (χ4v) is 2.35. The molecule has 1 nitrogen and oxygen atoms in total. The highest BCUT2D eigenvalue weighted by atomic mass is 16.3. The normalized spacial score (nSPS) is 29.1. The van der Waals surface area contributed by atoms with Crippen LogP contribution < -0.4 is 0 Å². The van der Waals surface area contributed by atoms with Crippen LogP contribution in [0.25, 0.3) is 0 Å². The fourth-order valence-electron chi connectivity index (χ4n) is 2.35. The van der Waals surface area contributed by atoms with Crippen molar-refractivity contribution in [3.8, 4) is 0 Å². The molecule has 1 fully saturated rings. The molecule has 0 aliphatic heterocycles. The van der Waals surface area contributed by atoms with Crippen LogP contribution in [0, 0.1) is 11.3 Å². The van der Waals surface area contributed by atoms with Gasteiger partial charge in [-0.25, -0.2) is 0 Å². The average molecular weight is 198 g/mol. The van der Waals surface area contributed by atoms with E-state index in [9.17, 15) is 5.11 Å². The van der Waals surface area contributed by atoms with E-state index in [1.807, 2.05) is 0 Å². The molecule has 84 valence electrons. The maximum absolute atomic E-state index is 9.38. The van der Waals surface area contributed by atoms with E-state index < -0.39 is 0 Å². The lowest BCUT2D eigenvalue weighted by Gasteiger charge is -2.26. The van der Waals surface area contributed by atoms with Gasteiger partial charge in [-0.1, -0.05) is 33.6 Å². The predicted octanol–water partition coefficient (Wildman–Crippen LogP) is 3.75. The molecule has 0 radical (unpaired) electrons. The maximum atomic E-state index is 9.38. The molecule has 1 aliphatic rings. The first-order valence-electron chi connectivity index (χ1n) is 6.15. The first-order chi connectivity index (χ1) is 6.47. The van der Waals surface area contributed by atoms with E-state index in [4.69, 9.17) is 0 Å². The van der Waals surface area contributed by atoms with Gasteiger partial charge in [-0.2, -0.15) is 0 Å². The Morgan fingerprint density at radius 3 is 2.14 bits per heavy atom. The minimum Gasteiger partial charge on any atom is -0.393 e. The summed E-state index contributed by atoms with van der Waals surface area (Å²) in [7, 11) is 0. The van der Waals surface area contributed by atoms with E-state index in [0.717, 1.165) is 18.8 Å². The summed E-state index contributed by atoms with van der Waals surface area (Å²) in [6.07, 6.45) is 8.69. The maximum Gasteiger partial charge on any atom is 0.0540 e. The molecule has 0 heterocycles. The standard InChI is InChI=1S/C13H26O/c1-13(2,3)10-4-5-11-6-8-12(14)9-7-11/h11-12,14H,4-10H2,1-3H3/t11-,12+. The first-order valence-corrected chi connectivity index (χ1v) is 6.15. The van der Waals surface area contributed by atoms with Crippen molar-refractivity contribution in [1.82, 2.24) is 0 Å². The highest BCUT2D eigenvalue weighted by Crippen LogP contribution is 2.30. The number of hydrogen-bond acceptors (Lipinski definition) is 1. The van der Waals surface area contributed by atoms with Gasteiger partial charge in [0.2, 0.25) is 0 Å². The van der Waals surface area contributed by atoms with Crippen molar-refractivity contribution in [3.05, 3.63) is 0 Å². The smallest absolute Gasteiger partial charge is 0.0540 e. The van der Waals surface area contributed by atoms with Crippen LogP contribution in [0.1, 0.15) is 65.7 Å². The van der Waals surface area contributed by atoms with E-state index in [1.165, 1.54) is 32.1 Å². The number of hydrogen-bond donors (Lipinski definition) is 1. The Labute approximate surface area is 88.9 Å². The highest BCUT2D eigenvalue weighted by molar-refractivity contribution is 4.72. The van der Waals surface area contributed by atoms with Crippen molar-refractivity contribution in [2.45, 2.75) is 71.8 Å². The Balaban J connectivity index is 2.08. The summed E-state index contributed by atoms with van der Waals surface area (Å²) in [5, 5.41) is 9.38. The first kappa shape index (κ1) is 12.0. The van der Waals surface area contributed by atoms with E-state index in [2.05, 4.69) is 20.8 Å². The molecule has 1 rings (SSSR count). The monoisotopic (exact) mass is 198 g/mol. The molecule has 14 heavy (non-hydrogen) atoms. The van der Waals surface area contributed by atoms with Crippen molar-refractivity contribution in [3.63, 3.8) is 0 Å². The quantitative estimate of drug-likeness (QED) is 0.732. The number of aliphatic hydroxyl groups is 1. The van der Waals surface area contributed by atoms with Crippen LogP contribution in [0.4, 0.5) is 0 Å². The van der Waals surface area contributed by atoms with Crippen LogP contribution in [-0.2, 0) is 0 Å². The molecule has 0 unspecified atom stereocenters. The molecule has 0 bridgehead atoms. The predicted molar refractivity (Wildman–Crippen MR) is 61.3 cm³/mol. The third kappa shape index (κ3) is 4.99. The molecule has 0 spiro atoms. The fraction of sp³-hybridized carbons (Fsp3) is 1.00. The van der Waals surface area contributed by atoms with Gasteiger partial charge in [0.25, 0.3) is 0 Å². The molecule has 0 aromatic heterocycles. The summed E-state index contributed by atoms with van der Waals surface area (Å²) in [4.78, 5) is 0. The summed E-state index contributed by atoms with van der Waals surface area (Å²) in [5.74, 6) is 0.903. The van der Waals surface area contributed by atoms with Crippen molar-refractivity contribution in [2.75, 3.05) is 0 Å². The van der Waals surface area contributed by atoms with Gasteiger partial charge in [-0.15, -0.1) is 0 Å². The average Bonchev–Trinajstić information content (AvgIpc) is 2.06. The zero-order chi connectivity index (χ0) is 10.6. The van der Waals surface area contributed by atoms with Crippen molar-refractivity contribution in [2.24, 2.45) is 11.3 Å². The van der Waals surface area contributed by atoms with Crippen molar-refractivity contribution in [1.29, 1.82) is 0 Å². The molecular formula is C13H26O. The second kappa shape index (κ2) is 5.16. The summed E-state index contributed by atoms with van der Waals surface area (Å²) >= 11 is 0. The van der Waals surface area contributed by atoms with Crippen LogP contribution in [0.5, 0.6) is 0 Å². The Hall–Kier alpha value is -0.0400. The second-order valence-corrected chi connectivity index (χ2v) is 6.13. The minimum absolute atomic E-state index is 0.00821. The molecule has 1 N–H and O–H groups in total. The van der Waals surface area contributed by atoms with Gasteiger partial charge in [-0.05, 0) is 43.4 Å². The lowest BCUT2D eigenvalue weighted by molar-refractivity contribution is 0.105. The third-order valence-corrected chi connectivity index (χ3v) is 3.36. The zero-order valence-corrected chi connectivity index (χ0v) is 10.1. The highest BCUT2D eigenvalue weighted by Gasteiger charge is 2.19. The Morgan fingerprint density at radius 1 is 1.07 bits per heavy atom. The van der Waals surface area contributed by atoms with Gasteiger partial charge in [0.15, 0.2) is 0 Å². The minimum atomic E-state index is 0.00821. The lowest BCUT2D eigenvalue weighted by Crippen LogP contribution is -2.18. The molecular weight excluding hydrogens is 172 g/mol. The Kier molecular flexibility index (Phi) is 4.43. The van der Waals surface area contributed by atoms with Crippen LogP contribution in [0.2, 0.25) is 0 Å². The SMILES string of the molecule is CC(C)(C)CCC[C@H]1CC[C@@H](O)CC1. The van der Waals surface area contributed by atoms with E-state index in [1.54, 1.807) is 0 Å². The largest absolute Gasteiger partial charge is 0.393 e. The summed E-state index contributed by atoms with van der Waals surface area (Å²) in [6.45, 7) is 6.95. The van der Waals surface area contributed by atoms with E-state index >= 15 is 0 Å². The number of rotatable bonds is 3. The topological polar surface area (TPSA) is 20.2 Å². The van der Waals surface area contributed by atoms with Gasteiger partial charge in [-0.3, -0.25) is 0 Å². The van der Waals surface area contributed by atoms with Crippen molar-refractivity contribution < 1.29 is 5.11 Å². The zero-order valence-electron chi connectivity index (χ0n) is 10.1. The van der Waals surface area contributed by atoms with Gasteiger partial charge < -0.3 is 5.11 Å². The molecule has 1 saturated carbocycles. The van der Waals surface area contributed by atoms with Crippen LogP contribution in [0.3, 0.4) is 0 Å². The van der Waals surface area contributed by atoms with Crippen LogP contribution >= 0.6 is 0 Å². The molecule has 0 amide bonds. The number of aliphatic hydroxyl groups excluding tert-OH is 1. The summed E-state index contributed by atoms with van der Waals surface area (Å²) in [6, 6.07) is 0. The summed E-state index contributed by atoms with van der Waals surface area (Å²) < 4.78 is 0. The Bertz CT molecular complexity index is 149. The van der Waals surface area contributed by atoms with Gasteiger partial charge in [0.1, 0.15) is 0 Å². The van der Waals surface area contributed by atoms with E-state index in [-0.39, 0.29) is 6.10 Å². The van der Waals surface area contributed by atoms with Crippen LogP contribution in [0.15, 0.2) is 0 Å². The van der Waals surface area contributed by atoms with Gasteiger partial charge in [0, 0.05) is 0 Å².